The number of aryl methyl sites for hydroxylation is 6. The van der Waals surface area contributed by atoms with E-state index < -0.39 is 0 Å². The van der Waals surface area contributed by atoms with Gasteiger partial charge in [0.05, 0.1) is 44.8 Å². The molecule has 0 saturated heterocycles. The topological polar surface area (TPSA) is 38.5 Å². The summed E-state index contributed by atoms with van der Waals surface area (Å²) in [6.45, 7) is 13.8. The van der Waals surface area contributed by atoms with Crippen molar-refractivity contribution in [3.63, 3.8) is 0 Å². The molecular formula is C56H47N5O. The van der Waals surface area contributed by atoms with Gasteiger partial charge in [-0.1, -0.05) is 108 Å². The van der Waals surface area contributed by atoms with Gasteiger partial charge in [0, 0.05) is 39.8 Å². The Labute approximate surface area is 362 Å². The highest BCUT2D eigenvalue weighted by molar-refractivity contribution is 6.17. The fourth-order valence-electron chi connectivity index (χ4n) is 10.2. The van der Waals surface area contributed by atoms with E-state index in [1.54, 1.807) is 0 Å². The second kappa shape index (κ2) is 14.6. The number of imidazole rings is 1. The Morgan fingerprint density at radius 3 is 1.79 bits per heavy atom. The maximum absolute atomic E-state index is 7.08. The minimum Gasteiger partial charge on any atom is -0.457 e. The summed E-state index contributed by atoms with van der Waals surface area (Å²) in [7, 11) is 0. The van der Waals surface area contributed by atoms with Gasteiger partial charge >= 0.3 is 0 Å². The lowest BCUT2D eigenvalue weighted by Crippen LogP contribution is -2.25. The smallest absolute Gasteiger partial charge is 0.145 e. The number of hydrogen-bond donors (Lipinski definition) is 0. The number of benzene rings is 8. The molecule has 0 unspecified atom stereocenters. The van der Waals surface area contributed by atoms with Crippen molar-refractivity contribution in [2.75, 3.05) is 16.5 Å². The van der Waals surface area contributed by atoms with Crippen LogP contribution in [0.1, 0.15) is 33.4 Å². The Morgan fingerprint density at radius 2 is 1.06 bits per heavy atom. The van der Waals surface area contributed by atoms with E-state index in [0.717, 1.165) is 67.7 Å². The minimum absolute atomic E-state index is 0.650. The van der Waals surface area contributed by atoms with Gasteiger partial charge in [0.15, 0.2) is 0 Å². The van der Waals surface area contributed by atoms with Crippen LogP contribution in [0.3, 0.4) is 0 Å². The van der Waals surface area contributed by atoms with Crippen molar-refractivity contribution in [3.8, 4) is 34.3 Å². The molecule has 10 aromatic rings. The summed E-state index contributed by atoms with van der Waals surface area (Å²) in [6.07, 6.45) is 0. The molecule has 11 rings (SSSR count). The minimum atomic E-state index is 0.650. The van der Waals surface area contributed by atoms with Crippen LogP contribution in [0.4, 0.5) is 22.7 Å². The Hall–Kier alpha value is -7.57. The van der Waals surface area contributed by atoms with Gasteiger partial charge in [-0.3, -0.25) is 4.57 Å². The zero-order valence-electron chi connectivity index (χ0n) is 35.9. The van der Waals surface area contributed by atoms with Crippen LogP contribution >= 0.6 is 0 Å². The van der Waals surface area contributed by atoms with Gasteiger partial charge in [0.1, 0.15) is 24.0 Å². The molecule has 0 saturated carbocycles. The molecule has 8 aromatic carbocycles. The summed E-state index contributed by atoms with van der Waals surface area (Å²) in [5, 5.41) is 2.37. The van der Waals surface area contributed by atoms with E-state index in [0.29, 0.717) is 6.67 Å². The molecular weight excluding hydrogens is 759 g/mol. The number of ether oxygens (including phenoxy) is 1. The maximum Gasteiger partial charge on any atom is 0.145 e. The van der Waals surface area contributed by atoms with E-state index in [1.807, 2.05) is 6.07 Å². The molecule has 1 aliphatic rings. The highest BCUT2D eigenvalue weighted by atomic mass is 16.5. The van der Waals surface area contributed by atoms with Crippen molar-refractivity contribution in [1.29, 1.82) is 0 Å². The first-order valence-corrected chi connectivity index (χ1v) is 21.4. The van der Waals surface area contributed by atoms with E-state index in [4.69, 9.17) is 9.72 Å². The van der Waals surface area contributed by atoms with Crippen molar-refractivity contribution in [1.82, 2.24) is 14.1 Å². The molecule has 6 heteroatoms. The summed E-state index contributed by atoms with van der Waals surface area (Å²) in [6, 6.07) is 58.5. The number of aromatic nitrogens is 3. The van der Waals surface area contributed by atoms with E-state index in [9.17, 15) is 0 Å². The van der Waals surface area contributed by atoms with E-state index in [-0.39, 0.29) is 0 Å². The second-order valence-electron chi connectivity index (χ2n) is 16.9. The summed E-state index contributed by atoms with van der Waals surface area (Å²) < 4.78 is 11.8. The summed E-state index contributed by atoms with van der Waals surface area (Å²) >= 11 is 0. The van der Waals surface area contributed by atoms with E-state index >= 15 is 0 Å². The molecule has 0 fully saturated rings. The quantitative estimate of drug-likeness (QED) is 0.161. The van der Waals surface area contributed by atoms with Crippen LogP contribution in [0.15, 0.2) is 164 Å². The molecule has 62 heavy (non-hydrogen) atoms. The van der Waals surface area contributed by atoms with Crippen LogP contribution in [0.25, 0.3) is 55.6 Å². The SMILES string of the molecule is Cc1cc(C)c(N2CN(c3cc(Oc4cccc(-c5nc6ccccc6n5-c5c(C)cc(C)cc5C)c4)cc4c3c3ccccc3n4-c3ccccc3)c3ccccc32)c(C)c1. The first-order chi connectivity index (χ1) is 30.2. The highest BCUT2D eigenvalue weighted by Crippen LogP contribution is 2.50. The molecule has 0 N–H and O–H groups in total. The monoisotopic (exact) mass is 805 g/mol. The van der Waals surface area contributed by atoms with Crippen LogP contribution < -0.4 is 14.5 Å². The fourth-order valence-corrected chi connectivity index (χ4v) is 10.2. The van der Waals surface area contributed by atoms with Gasteiger partial charge in [0.2, 0.25) is 0 Å². The van der Waals surface area contributed by atoms with E-state index in [1.165, 1.54) is 55.5 Å². The van der Waals surface area contributed by atoms with E-state index in [2.05, 4.69) is 218 Å². The standard InChI is InChI=1S/C56H47N5O/c1-35-27-37(3)54(38(4)28-35)59-34-58(49-25-14-15-26-50(49)59)51-32-44(33-52-53(51)45-21-10-12-23-47(45)60(52)42-18-8-7-9-19-42)62-43-20-16-17-41(31-43)56-57-46-22-11-13-24-48(46)61(56)55-39(5)29-36(2)30-40(55)6/h7-33H,34H2,1-6H3. The molecule has 0 amide bonds. The van der Waals surface area contributed by atoms with Crippen molar-refractivity contribution in [3.05, 3.63) is 197 Å². The average molecular weight is 806 g/mol. The molecule has 302 valence electrons. The molecule has 6 nitrogen and oxygen atoms in total. The number of para-hydroxylation sites is 6. The average Bonchev–Trinajstić information content (AvgIpc) is 3.94. The first-order valence-electron chi connectivity index (χ1n) is 21.4. The lowest BCUT2D eigenvalue weighted by Gasteiger charge is -2.26. The molecule has 3 heterocycles. The molecule has 0 atom stereocenters. The molecule has 2 aromatic heterocycles. The lowest BCUT2D eigenvalue weighted by molar-refractivity contribution is 0.483. The Kier molecular flexibility index (Phi) is 8.79. The van der Waals surface area contributed by atoms with Gasteiger partial charge in [-0.2, -0.15) is 0 Å². The van der Waals surface area contributed by atoms with Crippen LogP contribution in [0, 0.1) is 41.5 Å². The Bertz CT molecular complexity index is 3350. The number of rotatable bonds is 7. The number of nitrogens with zero attached hydrogens (tertiary/aromatic N) is 5. The fraction of sp³-hybridized carbons (Fsp3) is 0.125. The maximum atomic E-state index is 7.08. The van der Waals surface area contributed by atoms with Gasteiger partial charge in [-0.15, -0.1) is 0 Å². The van der Waals surface area contributed by atoms with Crippen LogP contribution in [0.2, 0.25) is 0 Å². The summed E-state index contributed by atoms with van der Waals surface area (Å²) in [4.78, 5) is 10.2. The molecule has 0 bridgehead atoms. The normalized spacial score (nSPS) is 12.5. The number of hydrogen-bond acceptors (Lipinski definition) is 4. The van der Waals surface area contributed by atoms with Gasteiger partial charge < -0.3 is 19.1 Å². The third kappa shape index (κ3) is 6.05. The lowest BCUT2D eigenvalue weighted by atomic mass is 10.0. The third-order valence-electron chi connectivity index (χ3n) is 12.4. The largest absolute Gasteiger partial charge is 0.457 e. The Balaban J connectivity index is 1.10. The van der Waals surface area contributed by atoms with Crippen molar-refractivity contribution in [2.45, 2.75) is 41.5 Å². The second-order valence-corrected chi connectivity index (χ2v) is 16.9. The molecule has 1 aliphatic heterocycles. The first kappa shape index (κ1) is 37.4. The van der Waals surface area contributed by atoms with Crippen molar-refractivity contribution >= 4 is 55.6 Å². The predicted octanol–water partition coefficient (Wildman–Crippen LogP) is 14.7. The zero-order valence-corrected chi connectivity index (χ0v) is 35.9. The Morgan fingerprint density at radius 1 is 0.452 bits per heavy atom. The highest BCUT2D eigenvalue weighted by Gasteiger charge is 2.32. The summed E-state index contributed by atoms with van der Waals surface area (Å²) in [5.74, 6) is 2.37. The van der Waals surface area contributed by atoms with Gasteiger partial charge in [-0.25, -0.2) is 4.98 Å². The zero-order chi connectivity index (χ0) is 42.2. The summed E-state index contributed by atoms with van der Waals surface area (Å²) in [5.41, 5.74) is 19.6. The molecule has 0 aliphatic carbocycles. The van der Waals surface area contributed by atoms with Gasteiger partial charge in [-0.05, 0) is 118 Å². The predicted molar refractivity (Wildman–Crippen MR) is 258 cm³/mol. The molecule has 0 spiro atoms. The molecule has 0 radical (unpaired) electrons. The van der Waals surface area contributed by atoms with Crippen LogP contribution in [-0.4, -0.2) is 20.8 Å². The van der Waals surface area contributed by atoms with Crippen molar-refractivity contribution in [2.24, 2.45) is 0 Å². The van der Waals surface area contributed by atoms with Crippen molar-refractivity contribution < 1.29 is 4.74 Å². The van der Waals surface area contributed by atoms with Crippen LogP contribution in [0.5, 0.6) is 11.5 Å². The third-order valence-corrected chi connectivity index (χ3v) is 12.4. The number of anilines is 4. The van der Waals surface area contributed by atoms with Crippen LogP contribution in [-0.2, 0) is 0 Å². The van der Waals surface area contributed by atoms with Gasteiger partial charge in [0.25, 0.3) is 0 Å². The number of fused-ring (bicyclic) bond motifs is 5.